The van der Waals surface area contributed by atoms with E-state index >= 15 is 0 Å². The highest BCUT2D eigenvalue weighted by atomic mass is 79.9. The number of benzene rings is 1. The molecular formula is C14H19BrN2O3. The fourth-order valence-corrected chi connectivity index (χ4v) is 2.22. The van der Waals surface area contributed by atoms with Gasteiger partial charge < -0.3 is 10.4 Å². The minimum atomic E-state index is -0.870. The van der Waals surface area contributed by atoms with Crippen molar-refractivity contribution in [1.82, 2.24) is 4.90 Å². The minimum absolute atomic E-state index is 0.0162. The molecule has 1 rings (SSSR count). The molecule has 5 nitrogen and oxygen atoms in total. The summed E-state index contributed by atoms with van der Waals surface area (Å²) in [5.41, 5.74) is 1.81. The lowest BCUT2D eigenvalue weighted by Gasteiger charge is -2.23. The van der Waals surface area contributed by atoms with Crippen LogP contribution in [0.1, 0.15) is 18.9 Å². The number of anilines is 1. The van der Waals surface area contributed by atoms with Crippen LogP contribution in [0.15, 0.2) is 22.7 Å². The molecule has 0 saturated heterocycles. The van der Waals surface area contributed by atoms with E-state index in [1.165, 1.54) is 0 Å². The monoisotopic (exact) mass is 342 g/mol. The van der Waals surface area contributed by atoms with E-state index in [2.05, 4.69) is 21.2 Å². The van der Waals surface area contributed by atoms with Crippen LogP contribution in [0.3, 0.4) is 0 Å². The van der Waals surface area contributed by atoms with Gasteiger partial charge in [-0.2, -0.15) is 0 Å². The molecule has 0 bridgehead atoms. The number of hydrogen-bond acceptors (Lipinski definition) is 3. The number of carboxylic acids is 1. The predicted molar refractivity (Wildman–Crippen MR) is 81.9 cm³/mol. The first-order valence-electron chi connectivity index (χ1n) is 6.30. The Morgan fingerprint density at radius 3 is 2.65 bits per heavy atom. The third-order valence-electron chi connectivity index (χ3n) is 3.10. The summed E-state index contributed by atoms with van der Waals surface area (Å²) in [6, 6.07) is 5.28. The number of nitrogens with one attached hydrogen (secondary N) is 1. The van der Waals surface area contributed by atoms with E-state index in [0.717, 1.165) is 10.0 Å². The summed E-state index contributed by atoms with van der Waals surface area (Å²) in [6.45, 7) is 4.05. The van der Waals surface area contributed by atoms with Crippen molar-refractivity contribution in [1.29, 1.82) is 0 Å². The summed E-state index contributed by atoms with van der Waals surface area (Å²) in [7, 11) is 1.73. The van der Waals surface area contributed by atoms with Crippen LogP contribution in [0.25, 0.3) is 0 Å². The van der Waals surface area contributed by atoms with Crippen molar-refractivity contribution < 1.29 is 14.7 Å². The summed E-state index contributed by atoms with van der Waals surface area (Å²) in [5.74, 6) is -1.03. The Morgan fingerprint density at radius 1 is 1.45 bits per heavy atom. The highest BCUT2D eigenvalue weighted by Gasteiger charge is 2.19. The van der Waals surface area contributed by atoms with Gasteiger partial charge >= 0.3 is 5.97 Å². The normalized spacial score (nSPS) is 12.2. The van der Waals surface area contributed by atoms with Crippen molar-refractivity contribution in [3.8, 4) is 0 Å². The van der Waals surface area contributed by atoms with Gasteiger partial charge in [0.25, 0.3) is 0 Å². The third-order valence-corrected chi connectivity index (χ3v) is 3.76. The molecule has 0 radical (unpaired) electrons. The zero-order valence-electron chi connectivity index (χ0n) is 11.8. The van der Waals surface area contributed by atoms with Crippen LogP contribution in [0.2, 0.25) is 0 Å². The Bertz CT molecular complexity index is 505. The number of nitrogens with zero attached hydrogens (tertiary/aromatic N) is 1. The average molecular weight is 343 g/mol. The highest BCUT2D eigenvalue weighted by molar-refractivity contribution is 9.10. The van der Waals surface area contributed by atoms with E-state index in [1.807, 2.05) is 25.1 Å². The van der Waals surface area contributed by atoms with Crippen LogP contribution in [-0.4, -0.2) is 41.5 Å². The summed E-state index contributed by atoms with van der Waals surface area (Å²) in [5, 5.41) is 11.5. The number of amides is 1. The predicted octanol–water partition coefficient (Wildman–Crippen LogP) is 2.49. The van der Waals surface area contributed by atoms with Gasteiger partial charge in [0.15, 0.2) is 0 Å². The molecule has 0 aliphatic carbocycles. The second-order valence-corrected chi connectivity index (χ2v) is 5.63. The number of aliphatic carboxylic acids is 1. The lowest BCUT2D eigenvalue weighted by molar-refractivity contribution is -0.137. The quantitative estimate of drug-likeness (QED) is 0.833. The molecule has 0 fully saturated rings. The second-order valence-electron chi connectivity index (χ2n) is 4.77. The molecule has 0 spiro atoms. The Kier molecular flexibility index (Phi) is 6.16. The molecule has 1 unspecified atom stereocenters. The van der Waals surface area contributed by atoms with Crippen molar-refractivity contribution in [2.24, 2.45) is 0 Å². The Balaban J connectivity index is 2.63. The Morgan fingerprint density at radius 2 is 2.10 bits per heavy atom. The molecule has 6 heteroatoms. The van der Waals surface area contributed by atoms with Crippen LogP contribution in [0, 0.1) is 6.92 Å². The maximum absolute atomic E-state index is 12.1. The molecule has 0 saturated carbocycles. The maximum atomic E-state index is 12.1. The van der Waals surface area contributed by atoms with Gasteiger partial charge in [-0.3, -0.25) is 14.5 Å². The molecule has 2 N–H and O–H groups in total. The molecule has 20 heavy (non-hydrogen) atoms. The zero-order valence-corrected chi connectivity index (χ0v) is 13.4. The van der Waals surface area contributed by atoms with Crippen LogP contribution in [-0.2, 0) is 9.59 Å². The molecule has 0 aliphatic heterocycles. The summed E-state index contributed by atoms with van der Waals surface area (Å²) in [6.07, 6.45) is 0.0162. The number of hydrogen-bond donors (Lipinski definition) is 2. The largest absolute Gasteiger partial charge is 0.481 e. The highest BCUT2D eigenvalue weighted by Crippen LogP contribution is 2.23. The van der Waals surface area contributed by atoms with Crippen LogP contribution < -0.4 is 5.32 Å². The van der Waals surface area contributed by atoms with Crippen molar-refractivity contribution in [3.05, 3.63) is 28.2 Å². The summed E-state index contributed by atoms with van der Waals surface area (Å²) >= 11 is 3.41. The molecule has 1 atom stereocenters. The Labute approximate surface area is 127 Å². The van der Waals surface area contributed by atoms with Gasteiger partial charge in [0.2, 0.25) is 5.91 Å². The lowest BCUT2D eigenvalue weighted by atomic mass is 10.2. The first kappa shape index (κ1) is 16.7. The van der Waals surface area contributed by atoms with E-state index in [9.17, 15) is 9.59 Å². The number of likely N-dealkylation sites (N-methyl/N-ethyl adjacent to an activating group) is 1. The van der Waals surface area contributed by atoms with Gasteiger partial charge in [-0.25, -0.2) is 0 Å². The van der Waals surface area contributed by atoms with E-state index in [-0.39, 0.29) is 12.3 Å². The molecule has 1 amide bonds. The van der Waals surface area contributed by atoms with Gasteiger partial charge in [0, 0.05) is 11.0 Å². The molecule has 0 aromatic heterocycles. The van der Waals surface area contributed by atoms with Crippen LogP contribution >= 0.6 is 15.9 Å². The maximum Gasteiger partial charge on any atom is 0.304 e. The van der Waals surface area contributed by atoms with Crippen molar-refractivity contribution in [2.75, 3.05) is 18.9 Å². The van der Waals surface area contributed by atoms with Crippen molar-refractivity contribution >= 4 is 33.5 Å². The molecule has 0 heterocycles. The Hall–Kier alpha value is -1.40. The van der Waals surface area contributed by atoms with Crippen LogP contribution in [0.5, 0.6) is 0 Å². The number of carbonyl (C=O) groups excluding carboxylic acids is 1. The van der Waals surface area contributed by atoms with Crippen LogP contribution in [0.4, 0.5) is 5.69 Å². The van der Waals surface area contributed by atoms with E-state index in [4.69, 9.17) is 5.11 Å². The number of aryl methyl sites for hydroxylation is 1. The van der Waals surface area contributed by atoms with E-state index < -0.39 is 12.0 Å². The smallest absolute Gasteiger partial charge is 0.304 e. The van der Waals surface area contributed by atoms with E-state index in [0.29, 0.717) is 12.2 Å². The fourth-order valence-electron chi connectivity index (χ4n) is 1.62. The standard InChI is InChI=1S/C14H19BrN2O3/c1-9-4-5-12(11(15)8-9)16-14(20)10(2)17(3)7-6-13(18)19/h4-5,8,10H,6-7H2,1-3H3,(H,16,20)(H,18,19). The molecule has 1 aromatic carbocycles. The average Bonchev–Trinajstić information content (AvgIpc) is 2.38. The minimum Gasteiger partial charge on any atom is -0.481 e. The molecule has 0 aliphatic rings. The van der Waals surface area contributed by atoms with Gasteiger partial charge in [-0.05, 0) is 54.5 Å². The fraction of sp³-hybridized carbons (Fsp3) is 0.429. The van der Waals surface area contributed by atoms with Gasteiger partial charge in [-0.15, -0.1) is 0 Å². The first-order valence-corrected chi connectivity index (χ1v) is 7.09. The van der Waals surface area contributed by atoms with E-state index in [1.54, 1.807) is 18.9 Å². The zero-order chi connectivity index (χ0) is 15.3. The first-order chi connectivity index (χ1) is 9.31. The number of rotatable bonds is 6. The number of carboxylic acid groups (broad SMARTS) is 1. The summed E-state index contributed by atoms with van der Waals surface area (Å²) < 4.78 is 0.825. The topological polar surface area (TPSA) is 69.6 Å². The number of carbonyl (C=O) groups is 2. The lowest BCUT2D eigenvalue weighted by Crippen LogP contribution is -2.40. The number of halogens is 1. The van der Waals surface area contributed by atoms with Gasteiger partial charge in [0.1, 0.15) is 0 Å². The molecule has 110 valence electrons. The van der Waals surface area contributed by atoms with Crippen molar-refractivity contribution in [2.45, 2.75) is 26.3 Å². The molecular weight excluding hydrogens is 324 g/mol. The SMILES string of the molecule is Cc1ccc(NC(=O)C(C)N(C)CCC(=O)O)c(Br)c1. The molecule has 1 aromatic rings. The van der Waals surface area contributed by atoms with Gasteiger partial charge in [-0.1, -0.05) is 6.07 Å². The summed E-state index contributed by atoms with van der Waals surface area (Å²) in [4.78, 5) is 24.4. The van der Waals surface area contributed by atoms with Gasteiger partial charge in [0.05, 0.1) is 18.2 Å². The van der Waals surface area contributed by atoms with Crippen molar-refractivity contribution in [3.63, 3.8) is 0 Å². The second kappa shape index (κ2) is 7.40. The third kappa shape index (κ3) is 4.94.